The normalized spacial score (nSPS) is 27.0. The number of aromatic nitrogens is 1. The largest absolute Gasteiger partial charge is 0.389 e. The fourth-order valence-corrected chi connectivity index (χ4v) is 3.93. The molecule has 120 valence electrons. The molecule has 0 aliphatic heterocycles. The van der Waals surface area contributed by atoms with Crippen LogP contribution in [0.4, 0.5) is 0 Å². The van der Waals surface area contributed by atoms with Crippen LogP contribution in [-0.4, -0.2) is 22.2 Å². The number of hydrogen-bond acceptors (Lipinski definition) is 4. The topological polar surface area (TPSA) is 45.1 Å². The summed E-state index contributed by atoms with van der Waals surface area (Å²) in [4.78, 5) is 4.69. The molecule has 0 atom stereocenters. The molecule has 1 aliphatic rings. The van der Waals surface area contributed by atoms with Crippen LogP contribution < -0.4 is 5.32 Å². The summed E-state index contributed by atoms with van der Waals surface area (Å²) in [5.41, 5.74) is 0.771. The third kappa shape index (κ3) is 4.76. The van der Waals surface area contributed by atoms with Crippen LogP contribution in [0.15, 0.2) is 5.38 Å². The lowest BCUT2D eigenvalue weighted by Gasteiger charge is -2.36. The number of nitrogens with one attached hydrogen (secondary N) is 1. The first-order valence-corrected chi connectivity index (χ1v) is 9.08. The van der Waals surface area contributed by atoms with Gasteiger partial charge in [-0.25, -0.2) is 4.98 Å². The summed E-state index contributed by atoms with van der Waals surface area (Å²) in [5, 5.41) is 17.3. The smallest absolute Gasteiger partial charge is 0.107 e. The molecule has 0 radical (unpaired) electrons. The second-order valence-corrected chi connectivity index (χ2v) is 8.50. The van der Waals surface area contributed by atoms with E-state index in [1.807, 2.05) is 0 Å². The summed E-state index contributed by atoms with van der Waals surface area (Å²) < 4.78 is 0. The molecule has 1 aromatic heterocycles. The van der Waals surface area contributed by atoms with Gasteiger partial charge in [-0.15, -0.1) is 11.3 Å². The van der Waals surface area contributed by atoms with Crippen LogP contribution in [0.5, 0.6) is 0 Å². The van der Waals surface area contributed by atoms with E-state index in [2.05, 4.69) is 43.4 Å². The van der Waals surface area contributed by atoms with Gasteiger partial charge in [-0.05, 0) is 31.6 Å². The SMILES string of the molecule is CCC1CCC(O)(CNCc2nc(C(C)(C)C)cs2)CC1. The first-order chi connectivity index (χ1) is 9.82. The molecule has 1 saturated carbocycles. The third-order valence-electron chi connectivity index (χ3n) is 4.66. The van der Waals surface area contributed by atoms with Gasteiger partial charge in [0.05, 0.1) is 11.3 Å². The monoisotopic (exact) mass is 310 g/mol. The van der Waals surface area contributed by atoms with Gasteiger partial charge in [0.1, 0.15) is 5.01 Å². The molecule has 2 rings (SSSR count). The zero-order chi connectivity index (χ0) is 15.5. The number of nitrogens with zero attached hydrogens (tertiary/aromatic N) is 1. The quantitative estimate of drug-likeness (QED) is 0.868. The molecule has 1 heterocycles. The first kappa shape index (κ1) is 16.9. The van der Waals surface area contributed by atoms with Crippen LogP contribution in [0.2, 0.25) is 0 Å². The maximum absolute atomic E-state index is 10.6. The van der Waals surface area contributed by atoms with E-state index in [1.165, 1.54) is 19.3 Å². The third-order valence-corrected chi connectivity index (χ3v) is 5.51. The Morgan fingerprint density at radius 1 is 1.38 bits per heavy atom. The molecule has 1 fully saturated rings. The Morgan fingerprint density at radius 2 is 2.05 bits per heavy atom. The highest BCUT2D eigenvalue weighted by Crippen LogP contribution is 2.33. The number of aliphatic hydroxyl groups is 1. The molecule has 0 amide bonds. The Bertz CT molecular complexity index is 442. The molecule has 0 spiro atoms. The van der Waals surface area contributed by atoms with Crippen molar-refractivity contribution in [1.29, 1.82) is 0 Å². The van der Waals surface area contributed by atoms with Crippen molar-refractivity contribution < 1.29 is 5.11 Å². The molecule has 1 aromatic rings. The molecular weight excluding hydrogens is 280 g/mol. The van der Waals surface area contributed by atoms with Gasteiger partial charge in [0.25, 0.3) is 0 Å². The number of rotatable bonds is 5. The van der Waals surface area contributed by atoms with Crippen molar-refractivity contribution in [1.82, 2.24) is 10.3 Å². The van der Waals surface area contributed by atoms with Crippen molar-refractivity contribution in [2.24, 2.45) is 5.92 Å². The predicted octanol–water partition coefficient (Wildman–Crippen LogP) is 3.86. The fraction of sp³-hybridized carbons (Fsp3) is 0.824. The van der Waals surface area contributed by atoms with Crippen LogP contribution in [0.25, 0.3) is 0 Å². The van der Waals surface area contributed by atoms with E-state index < -0.39 is 5.60 Å². The van der Waals surface area contributed by atoms with Crippen LogP contribution in [0, 0.1) is 5.92 Å². The molecular formula is C17H30N2OS. The first-order valence-electron chi connectivity index (χ1n) is 8.20. The summed E-state index contributed by atoms with van der Waals surface area (Å²) in [6.07, 6.45) is 5.45. The lowest BCUT2D eigenvalue weighted by molar-refractivity contribution is -0.00881. The number of hydrogen-bond donors (Lipinski definition) is 2. The minimum atomic E-state index is -0.504. The van der Waals surface area contributed by atoms with Crippen molar-refractivity contribution in [3.63, 3.8) is 0 Å². The summed E-state index contributed by atoms with van der Waals surface area (Å²) in [6.45, 7) is 10.3. The minimum absolute atomic E-state index is 0.117. The molecule has 4 heteroatoms. The van der Waals surface area contributed by atoms with Gasteiger partial charge in [-0.1, -0.05) is 34.1 Å². The predicted molar refractivity (Wildman–Crippen MR) is 89.7 cm³/mol. The van der Waals surface area contributed by atoms with Crippen LogP contribution in [0.1, 0.15) is 70.5 Å². The fourth-order valence-electron chi connectivity index (χ4n) is 2.94. The molecule has 0 unspecified atom stereocenters. The summed E-state index contributed by atoms with van der Waals surface area (Å²) in [7, 11) is 0. The summed E-state index contributed by atoms with van der Waals surface area (Å²) in [6, 6.07) is 0. The average Bonchev–Trinajstić information content (AvgIpc) is 2.88. The van der Waals surface area contributed by atoms with E-state index in [-0.39, 0.29) is 5.41 Å². The van der Waals surface area contributed by atoms with Crippen molar-refractivity contribution in [2.75, 3.05) is 6.54 Å². The van der Waals surface area contributed by atoms with Crippen molar-refractivity contribution in [3.05, 3.63) is 16.1 Å². The molecule has 0 bridgehead atoms. The van der Waals surface area contributed by atoms with E-state index >= 15 is 0 Å². The van der Waals surface area contributed by atoms with Crippen LogP contribution in [-0.2, 0) is 12.0 Å². The van der Waals surface area contributed by atoms with Gasteiger partial charge in [0, 0.05) is 23.9 Å². The minimum Gasteiger partial charge on any atom is -0.389 e. The van der Waals surface area contributed by atoms with E-state index in [4.69, 9.17) is 0 Å². The Morgan fingerprint density at radius 3 is 2.57 bits per heavy atom. The number of thiazole rings is 1. The maximum Gasteiger partial charge on any atom is 0.107 e. The summed E-state index contributed by atoms with van der Waals surface area (Å²) >= 11 is 1.71. The van der Waals surface area contributed by atoms with E-state index in [0.29, 0.717) is 6.54 Å². The lowest BCUT2D eigenvalue weighted by atomic mass is 9.78. The Hall–Kier alpha value is -0.450. The van der Waals surface area contributed by atoms with E-state index in [9.17, 15) is 5.11 Å². The zero-order valence-corrected chi connectivity index (χ0v) is 14.7. The molecule has 1 aliphatic carbocycles. The Balaban J connectivity index is 1.78. The highest BCUT2D eigenvalue weighted by atomic mass is 32.1. The molecule has 0 saturated heterocycles. The standard InChI is InChI=1S/C17H30N2OS/c1-5-13-6-8-17(20,9-7-13)12-18-10-15-19-14(11-21-15)16(2,3)4/h11,13,18,20H,5-10,12H2,1-4H3. The van der Waals surface area contributed by atoms with E-state index in [0.717, 1.165) is 36.0 Å². The lowest BCUT2D eigenvalue weighted by Crippen LogP contribution is -2.43. The Kier molecular flexibility index (Phi) is 5.44. The molecule has 0 aromatic carbocycles. The molecule has 21 heavy (non-hydrogen) atoms. The molecule has 2 N–H and O–H groups in total. The van der Waals surface area contributed by atoms with Gasteiger partial charge < -0.3 is 10.4 Å². The summed E-state index contributed by atoms with van der Waals surface area (Å²) in [5.74, 6) is 0.818. The highest BCUT2D eigenvalue weighted by molar-refractivity contribution is 7.09. The van der Waals surface area contributed by atoms with E-state index in [1.54, 1.807) is 11.3 Å². The van der Waals surface area contributed by atoms with Gasteiger partial charge in [0.15, 0.2) is 0 Å². The van der Waals surface area contributed by atoms with Crippen molar-refractivity contribution >= 4 is 11.3 Å². The van der Waals surface area contributed by atoms with Gasteiger partial charge in [0.2, 0.25) is 0 Å². The Labute approximate surface area is 133 Å². The van der Waals surface area contributed by atoms with Crippen LogP contribution >= 0.6 is 11.3 Å². The zero-order valence-electron chi connectivity index (χ0n) is 13.9. The van der Waals surface area contributed by atoms with Gasteiger partial charge >= 0.3 is 0 Å². The van der Waals surface area contributed by atoms with Crippen LogP contribution in [0.3, 0.4) is 0 Å². The van der Waals surface area contributed by atoms with Gasteiger partial charge in [-0.2, -0.15) is 0 Å². The molecule has 3 nitrogen and oxygen atoms in total. The van der Waals surface area contributed by atoms with Gasteiger partial charge in [-0.3, -0.25) is 0 Å². The highest BCUT2D eigenvalue weighted by Gasteiger charge is 2.32. The maximum atomic E-state index is 10.6. The van der Waals surface area contributed by atoms with Crippen molar-refractivity contribution in [2.45, 2.75) is 77.4 Å². The average molecular weight is 311 g/mol. The van der Waals surface area contributed by atoms with Crippen molar-refractivity contribution in [3.8, 4) is 0 Å². The second kappa shape index (κ2) is 6.76. The second-order valence-electron chi connectivity index (χ2n) is 7.56.